The molecule has 0 amide bonds. The smallest absolute Gasteiger partial charge is 0.198 e. The monoisotopic (exact) mass is 185 g/mol. The zero-order chi connectivity index (χ0) is 10.1. The predicted octanol–water partition coefficient (Wildman–Crippen LogP) is 1.85. The van der Waals surface area contributed by atoms with Gasteiger partial charge in [-0.2, -0.15) is 0 Å². The number of hydrogen-bond donors (Lipinski definition) is 2. The highest BCUT2D eigenvalue weighted by atomic mass is 15.1. The van der Waals surface area contributed by atoms with Crippen LogP contribution in [0.3, 0.4) is 0 Å². The minimum Gasteiger partial charge on any atom is -0.369 e. The number of rotatable bonds is 1. The molecule has 0 atom stereocenters. The maximum Gasteiger partial charge on any atom is 0.198 e. The van der Waals surface area contributed by atoms with Crippen molar-refractivity contribution in [3.8, 4) is 0 Å². The second kappa shape index (κ2) is 3.03. The third kappa shape index (κ3) is 1.19. The molecule has 2 rings (SSSR count). The first-order chi connectivity index (χ1) is 6.72. The van der Waals surface area contributed by atoms with Gasteiger partial charge in [-0.05, 0) is 11.6 Å². The van der Waals surface area contributed by atoms with E-state index < -0.39 is 0 Å². The highest BCUT2D eigenvalue weighted by molar-refractivity contribution is 5.97. The molecule has 14 heavy (non-hydrogen) atoms. The number of guanidine groups is 1. The van der Waals surface area contributed by atoms with Gasteiger partial charge in [-0.1, -0.05) is 31.4 Å². The molecule has 0 aromatic heterocycles. The van der Waals surface area contributed by atoms with Crippen LogP contribution in [0.4, 0.5) is 5.69 Å². The Bertz CT molecular complexity index is 444. The van der Waals surface area contributed by atoms with Gasteiger partial charge >= 0.3 is 0 Å². The van der Waals surface area contributed by atoms with E-state index in [2.05, 4.69) is 23.5 Å². The Labute approximate surface area is 82.7 Å². The van der Waals surface area contributed by atoms with Crippen LogP contribution in [-0.4, -0.2) is 5.96 Å². The number of nitrogens with two attached hydrogens (primary N) is 1. The van der Waals surface area contributed by atoms with Crippen molar-refractivity contribution in [1.82, 2.24) is 5.32 Å². The topological polar surface area (TPSA) is 50.4 Å². The fraction of sp³-hybridized carbons (Fsp3) is 0. The summed E-state index contributed by atoms with van der Waals surface area (Å²) in [5, 5.41) is 2.90. The highest BCUT2D eigenvalue weighted by Crippen LogP contribution is 2.30. The van der Waals surface area contributed by atoms with Gasteiger partial charge in [0.25, 0.3) is 0 Å². The Morgan fingerprint density at radius 1 is 1.43 bits per heavy atom. The van der Waals surface area contributed by atoms with Gasteiger partial charge in [0.15, 0.2) is 5.96 Å². The SMILES string of the molecule is C=Cc1cccc2c1C(=C)NC(N)=N2. The van der Waals surface area contributed by atoms with Crippen molar-refractivity contribution < 1.29 is 0 Å². The molecule has 70 valence electrons. The molecule has 1 aromatic carbocycles. The van der Waals surface area contributed by atoms with Crippen LogP contribution in [-0.2, 0) is 0 Å². The normalized spacial score (nSPS) is 14.0. The number of fused-ring (bicyclic) bond motifs is 1. The summed E-state index contributed by atoms with van der Waals surface area (Å²) in [5.74, 6) is 0.378. The average Bonchev–Trinajstić information content (AvgIpc) is 2.16. The highest BCUT2D eigenvalue weighted by Gasteiger charge is 2.14. The molecule has 0 bridgehead atoms. The molecule has 1 aliphatic rings. The van der Waals surface area contributed by atoms with E-state index in [4.69, 9.17) is 5.73 Å². The van der Waals surface area contributed by atoms with Gasteiger partial charge < -0.3 is 11.1 Å². The third-order valence-corrected chi connectivity index (χ3v) is 2.12. The van der Waals surface area contributed by atoms with Gasteiger partial charge in [0.2, 0.25) is 0 Å². The van der Waals surface area contributed by atoms with Crippen molar-refractivity contribution in [2.45, 2.75) is 0 Å². The van der Waals surface area contributed by atoms with Crippen molar-refractivity contribution >= 4 is 23.4 Å². The largest absolute Gasteiger partial charge is 0.369 e. The Kier molecular flexibility index (Phi) is 1.85. The summed E-state index contributed by atoms with van der Waals surface area (Å²) >= 11 is 0. The first kappa shape index (κ1) is 8.56. The van der Waals surface area contributed by atoms with E-state index >= 15 is 0 Å². The first-order valence-corrected chi connectivity index (χ1v) is 4.28. The molecule has 3 heteroatoms. The zero-order valence-electron chi connectivity index (χ0n) is 7.75. The molecule has 1 aromatic rings. The van der Waals surface area contributed by atoms with Crippen LogP contribution in [0.5, 0.6) is 0 Å². The van der Waals surface area contributed by atoms with Crippen LogP contribution in [0.25, 0.3) is 11.8 Å². The van der Waals surface area contributed by atoms with Crippen molar-refractivity contribution in [2.75, 3.05) is 0 Å². The summed E-state index contributed by atoms with van der Waals surface area (Å²) in [6.07, 6.45) is 1.78. The van der Waals surface area contributed by atoms with Crippen molar-refractivity contribution in [2.24, 2.45) is 10.7 Å². The summed E-state index contributed by atoms with van der Waals surface area (Å²) in [5.41, 5.74) is 9.17. The minimum absolute atomic E-state index is 0.378. The summed E-state index contributed by atoms with van der Waals surface area (Å²) in [7, 11) is 0. The van der Waals surface area contributed by atoms with Crippen molar-refractivity contribution in [3.63, 3.8) is 0 Å². The maximum atomic E-state index is 5.58. The second-order valence-electron chi connectivity index (χ2n) is 3.05. The fourth-order valence-corrected chi connectivity index (χ4v) is 1.52. The third-order valence-electron chi connectivity index (χ3n) is 2.12. The molecule has 0 radical (unpaired) electrons. The molecule has 3 N–H and O–H groups in total. The molecule has 0 saturated carbocycles. The van der Waals surface area contributed by atoms with E-state index in [1.165, 1.54) is 0 Å². The Morgan fingerprint density at radius 2 is 2.21 bits per heavy atom. The second-order valence-corrected chi connectivity index (χ2v) is 3.05. The van der Waals surface area contributed by atoms with Crippen LogP contribution in [0.15, 0.2) is 36.3 Å². The van der Waals surface area contributed by atoms with E-state index in [-0.39, 0.29) is 0 Å². The Hall–Kier alpha value is -2.03. The van der Waals surface area contributed by atoms with E-state index in [1.54, 1.807) is 6.08 Å². The van der Waals surface area contributed by atoms with E-state index in [9.17, 15) is 0 Å². The van der Waals surface area contributed by atoms with Crippen LogP contribution < -0.4 is 11.1 Å². The Morgan fingerprint density at radius 3 is 2.93 bits per heavy atom. The average molecular weight is 185 g/mol. The molecule has 3 nitrogen and oxygen atoms in total. The molecular formula is C11H11N3. The van der Waals surface area contributed by atoms with Gasteiger partial charge in [-0.15, -0.1) is 0 Å². The minimum atomic E-state index is 0.378. The van der Waals surface area contributed by atoms with Crippen LogP contribution in [0.2, 0.25) is 0 Å². The molecule has 1 aliphatic heterocycles. The number of nitrogens with zero attached hydrogens (tertiary/aromatic N) is 1. The van der Waals surface area contributed by atoms with Crippen LogP contribution in [0.1, 0.15) is 11.1 Å². The molecule has 1 heterocycles. The van der Waals surface area contributed by atoms with Gasteiger partial charge in [0.1, 0.15) is 0 Å². The van der Waals surface area contributed by atoms with Crippen LogP contribution >= 0.6 is 0 Å². The Balaban J connectivity index is 2.70. The van der Waals surface area contributed by atoms with Gasteiger partial charge in [-0.25, -0.2) is 4.99 Å². The van der Waals surface area contributed by atoms with Crippen LogP contribution in [0, 0.1) is 0 Å². The molecule has 0 unspecified atom stereocenters. The van der Waals surface area contributed by atoms with E-state index in [0.29, 0.717) is 5.96 Å². The maximum absolute atomic E-state index is 5.58. The van der Waals surface area contributed by atoms with Gasteiger partial charge in [0, 0.05) is 11.3 Å². The summed E-state index contributed by atoms with van der Waals surface area (Å²) in [6, 6.07) is 5.79. The van der Waals surface area contributed by atoms with Gasteiger partial charge in [0.05, 0.1) is 5.69 Å². The van der Waals surface area contributed by atoms with E-state index in [0.717, 1.165) is 22.5 Å². The quantitative estimate of drug-likeness (QED) is 0.701. The molecule has 0 spiro atoms. The molecule has 0 saturated heterocycles. The van der Waals surface area contributed by atoms with Crippen molar-refractivity contribution in [3.05, 3.63) is 42.5 Å². The first-order valence-electron chi connectivity index (χ1n) is 4.28. The predicted molar refractivity (Wildman–Crippen MR) is 60.0 cm³/mol. The lowest BCUT2D eigenvalue weighted by Crippen LogP contribution is -2.32. The summed E-state index contributed by atoms with van der Waals surface area (Å²) in [4.78, 5) is 4.18. The summed E-state index contributed by atoms with van der Waals surface area (Å²) in [6.45, 7) is 7.64. The molecule has 0 aliphatic carbocycles. The number of benzene rings is 1. The van der Waals surface area contributed by atoms with E-state index in [1.807, 2.05) is 18.2 Å². The number of nitrogens with one attached hydrogen (secondary N) is 1. The number of hydrogen-bond acceptors (Lipinski definition) is 3. The van der Waals surface area contributed by atoms with Gasteiger partial charge in [-0.3, -0.25) is 0 Å². The lowest BCUT2D eigenvalue weighted by atomic mass is 10.0. The zero-order valence-corrected chi connectivity index (χ0v) is 7.75. The fourth-order valence-electron chi connectivity index (χ4n) is 1.52. The number of aliphatic imine (C=N–C) groups is 1. The molecule has 0 fully saturated rings. The lowest BCUT2D eigenvalue weighted by molar-refractivity contribution is 1.19. The summed E-state index contributed by atoms with van der Waals surface area (Å²) < 4.78 is 0. The lowest BCUT2D eigenvalue weighted by Gasteiger charge is -2.18. The van der Waals surface area contributed by atoms with Crippen molar-refractivity contribution in [1.29, 1.82) is 0 Å². The standard InChI is InChI=1S/C11H11N3/c1-3-8-5-4-6-9-10(8)7(2)13-11(12)14-9/h3-6H,1-2H2,(H3,12,13,14). The molecular weight excluding hydrogens is 174 g/mol.